The van der Waals surface area contributed by atoms with E-state index in [9.17, 15) is 9.59 Å². The fraction of sp³-hybridized carbons (Fsp3) is 0.625. The first-order valence-corrected chi connectivity index (χ1v) is 7.75. The van der Waals surface area contributed by atoms with E-state index in [0.29, 0.717) is 30.1 Å². The van der Waals surface area contributed by atoms with Crippen LogP contribution >= 0.6 is 12.4 Å². The number of ketones is 1. The summed E-state index contributed by atoms with van der Waals surface area (Å²) < 4.78 is 0. The molecule has 6 heteroatoms. The molecule has 2 rings (SSSR count). The molecule has 1 aromatic rings. The van der Waals surface area contributed by atoms with Crippen molar-refractivity contribution in [2.75, 3.05) is 19.6 Å². The lowest BCUT2D eigenvalue weighted by Gasteiger charge is -2.22. The Morgan fingerprint density at radius 2 is 2.09 bits per heavy atom. The first kappa shape index (κ1) is 18.7. The maximum absolute atomic E-state index is 12.4. The lowest BCUT2D eigenvalue weighted by atomic mass is 9.99. The molecule has 2 heterocycles. The molecule has 1 atom stereocenters. The summed E-state index contributed by atoms with van der Waals surface area (Å²) in [7, 11) is 0. The highest BCUT2D eigenvalue weighted by atomic mass is 35.5. The molecule has 22 heavy (non-hydrogen) atoms. The SMILES string of the molecule is CCc1c(C(=O)NCC2CCCNC2)[nH]c(C)c1C(C)=O.Cl. The van der Waals surface area contributed by atoms with Gasteiger partial charge in [-0.1, -0.05) is 6.92 Å². The van der Waals surface area contributed by atoms with Crippen molar-refractivity contribution in [2.45, 2.75) is 40.0 Å². The van der Waals surface area contributed by atoms with Crippen LogP contribution in [0.2, 0.25) is 0 Å². The Hall–Kier alpha value is -1.33. The maximum Gasteiger partial charge on any atom is 0.268 e. The summed E-state index contributed by atoms with van der Waals surface area (Å²) in [5.41, 5.74) is 2.83. The number of hydrogen-bond acceptors (Lipinski definition) is 3. The lowest BCUT2D eigenvalue weighted by Crippen LogP contribution is -2.38. The van der Waals surface area contributed by atoms with Crippen LogP contribution in [0.4, 0.5) is 0 Å². The zero-order valence-corrected chi connectivity index (χ0v) is 14.4. The molecule has 0 aliphatic carbocycles. The molecule has 124 valence electrons. The number of piperidine rings is 1. The Bertz CT molecular complexity index is 534. The third-order valence-corrected chi connectivity index (χ3v) is 4.17. The van der Waals surface area contributed by atoms with Crippen LogP contribution in [0.3, 0.4) is 0 Å². The van der Waals surface area contributed by atoms with Gasteiger partial charge in [-0.2, -0.15) is 0 Å². The standard InChI is InChI=1S/C16H25N3O2.ClH/c1-4-13-14(11(3)20)10(2)19-15(13)16(21)18-9-12-6-5-7-17-8-12;/h12,17,19H,4-9H2,1-3H3,(H,18,21);1H. The summed E-state index contributed by atoms with van der Waals surface area (Å²) in [4.78, 5) is 27.2. The Morgan fingerprint density at radius 3 is 2.64 bits per heavy atom. The van der Waals surface area contributed by atoms with Crippen molar-refractivity contribution in [2.24, 2.45) is 5.92 Å². The topological polar surface area (TPSA) is 74.0 Å². The van der Waals surface area contributed by atoms with Crippen LogP contribution in [0.5, 0.6) is 0 Å². The molecule has 0 aromatic carbocycles. The molecule has 0 bridgehead atoms. The molecule has 1 amide bonds. The number of H-pyrrole nitrogens is 1. The Morgan fingerprint density at radius 1 is 1.36 bits per heavy atom. The van der Waals surface area contributed by atoms with Gasteiger partial charge in [0.25, 0.3) is 5.91 Å². The van der Waals surface area contributed by atoms with Crippen LogP contribution in [-0.4, -0.2) is 36.3 Å². The normalized spacial score (nSPS) is 17.7. The van der Waals surface area contributed by atoms with Crippen molar-refractivity contribution < 1.29 is 9.59 Å². The van der Waals surface area contributed by atoms with Crippen molar-refractivity contribution in [1.29, 1.82) is 0 Å². The Balaban J connectivity index is 0.00000242. The fourth-order valence-electron chi connectivity index (χ4n) is 3.12. The molecule has 1 aliphatic heterocycles. The molecule has 0 spiro atoms. The van der Waals surface area contributed by atoms with Crippen molar-refractivity contribution in [3.8, 4) is 0 Å². The summed E-state index contributed by atoms with van der Waals surface area (Å²) in [6, 6.07) is 0. The van der Waals surface area contributed by atoms with Crippen LogP contribution in [0, 0.1) is 12.8 Å². The van der Waals surface area contributed by atoms with Crippen LogP contribution in [0.1, 0.15) is 58.8 Å². The van der Waals surface area contributed by atoms with E-state index in [0.717, 1.165) is 37.2 Å². The molecule has 1 fully saturated rings. The number of Topliss-reactive ketones (excluding diaryl/α,β-unsaturated/α-hetero) is 1. The number of aromatic nitrogens is 1. The van der Waals surface area contributed by atoms with Gasteiger partial charge in [-0.15, -0.1) is 12.4 Å². The summed E-state index contributed by atoms with van der Waals surface area (Å²) in [5.74, 6) is 0.403. The average Bonchev–Trinajstić information content (AvgIpc) is 2.82. The second-order valence-corrected chi connectivity index (χ2v) is 5.81. The Labute approximate surface area is 138 Å². The number of aromatic amines is 1. The molecule has 0 saturated carbocycles. The van der Waals surface area contributed by atoms with Gasteiger partial charge in [0, 0.05) is 17.8 Å². The zero-order valence-electron chi connectivity index (χ0n) is 13.5. The van der Waals surface area contributed by atoms with Crippen LogP contribution in [0.15, 0.2) is 0 Å². The molecule has 3 N–H and O–H groups in total. The van der Waals surface area contributed by atoms with E-state index in [1.54, 1.807) is 6.92 Å². The molecule has 0 radical (unpaired) electrons. The molecule has 5 nitrogen and oxygen atoms in total. The number of rotatable bonds is 5. The highest BCUT2D eigenvalue weighted by molar-refractivity contribution is 6.02. The van der Waals surface area contributed by atoms with Crippen molar-refractivity contribution in [3.63, 3.8) is 0 Å². The van der Waals surface area contributed by atoms with Crippen LogP contribution in [0.25, 0.3) is 0 Å². The molecular formula is C16H26ClN3O2. The molecular weight excluding hydrogens is 302 g/mol. The lowest BCUT2D eigenvalue weighted by molar-refractivity contribution is 0.0939. The van der Waals surface area contributed by atoms with E-state index in [1.807, 2.05) is 13.8 Å². The minimum Gasteiger partial charge on any atom is -0.354 e. The highest BCUT2D eigenvalue weighted by Gasteiger charge is 2.22. The van der Waals surface area contributed by atoms with E-state index in [2.05, 4.69) is 15.6 Å². The summed E-state index contributed by atoms with van der Waals surface area (Å²) >= 11 is 0. The highest BCUT2D eigenvalue weighted by Crippen LogP contribution is 2.20. The second kappa shape index (κ2) is 8.34. The number of hydrogen-bond donors (Lipinski definition) is 3. The first-order valence-electron chi connectivity index (χ1n) is 7.75. The molecule has 1 unspecified atom stereocenters. The van der Waals surface area contributed by atoms with Gasteiger partial charge in [0.05, 0.1) is 0 Å². The van der Waals surface area contributed by atoms with E-state index < -0.39 is 0 Å². The fourth-order valence-corrected chi connectivity index (χ4v) is 3.12. The molecule has 1 aliphatic rings. The van der Waals surface area contributed by atoms with Crippen molar-refractivity contribution in [3.05, 3.63) is 22.5 Å². The zero-order chi connectivity index (χ0) is 15.4. The van der Waals surface area contributed by atoms with Gasteiger partial charge in [-0.3, -0.25) is 9.59 Å². The minimum atomic E-state index is -0.104. The van der Waals surface area contributed by atoms with Crippen molar-refractivity contribution >= 4 is 24.1 Å². The Kier molecular flexibility index (Phi) is 7.10. The average molecular weight is 328 g/mol. The number of carbonyl (C=O) groups excluding carboxylic acids is 2. The summed E-state index contributed by atoms with van der Waals surface area (Å²) in [6.45, 7) is 8.08. The van der Waals surface area contributed by atoms with Crippen LogP contribution in [-0.2, 0) is 6.42 Å². The van der Waals surface area contributed by atoms with E-state index in [4.69, 9.17) is 0 Å². The van der Waals surface area contributed by atoms with E-state index >= 15 is 0 Å². The number of carbonyl (C=O) groups is 2. The first-order chi connectivity index (χ1) is 10.0. The monoisotopic (exact) mass is 327 g/mol. The molecule has 1 saturated heterocycles. The summed E-state index contributed by atoms with van der Waals surface area (Å²) in [6.07, 6.45) is 2.99. The van der Waals surface area contributed by atoms with Gasteiger partial charge < -0.3 is 15.6 Å². The second-order valence-electron chi connectivity index (χ2n) is 5.81. The van der Waals surface area contributed by atoms with Gasteiger partial charge >= 0.3 is 0 Å². The number of nitrogens with one attached hydrogen (secondary N) is 3. The van der Waals surface area contributed by atoms with Crippen molar-refractivity contribution in [1.82, 2.24) is 15.6 Å². The number of aryl methyl sites for hydroxylation is 1. The van der Waals surface area contributed by atoms with Gasteiger partial charge in [-0.25, -0.2) is 0 Å². The molecule has 1 aromatic heterocycles. The van der Waals surface area contributed by atoms with Gasteiger partial charge in [0.1, 0.15) is 5.69 Å². The quantitative estimate of drug-likeness (QED) is 0.726. The predicted octanol–water partition coefficient (Wildman–Crippen LogP) is 2.24. The van der Waals surface area contributed by atoms with E-state index in [-0.39, 0.29) is 24.1 Å². The summed E-state index contributed by atoms with van der Waals surface area (Å²) in [5, 5.41) is 6.35. The predicted molar refractivity (Wildman–Crippen MR) is 90.1 cm³/mol. The van der Waals surface area contributed by atoms with Crippen LogP contribution < -0.4 is 10.6 Å². The van der Waals surface area contributed by atoms with Gasteiger partial charge in [0.2, 0.25) is 0 Å². The van der Waals surface area contributed by atoms with Gasteiger partial charge in [-0.05, 0) is 57.7 Å². The number of amides is 1. The maximum atomic E-state index is 12.4. The number of halogens is 1. The smallest absolute Gasteiger partial charge is 0.268 e. The van der Waals surface area contributed by atoms with E-state index in [1.165, 1.54) is 0 Å². The largest absolute Gasteiger partial charge is 0.354 e. The van der Waals surface area contributed by atoms with Gasteiger partial charge in [0.15, 0.2) is 5.78 Å². The third kappa shape index (κ3) is 4.11. The third-order valence-electron chi connectivity index (χ3n) is 4.17. The minimum absolute atomic E-state index is 0.